The van der Waals surface area contributed by atoms with Crippen molar-refractivity contribution in [2.75, 3.05) is 19.0 Å². The average Bonchev–Trinajstić information content (AvgIpc) is 2.57. The van der Waals surface area contributed by atoms with E-state index in [9.17, 15) is 13.2 Å². The Morgan fingerprint density at radius 2 is 1.80 bits per heavy atom. The highest BCUT2D eigenvalue weighted by Crippen LogP contribution is 2.25. The number of anilines is 1. The summed E-state index contributed by atoms with van der Waals surface area (Å²) in [6.07, 6.45) is 0. The van der Waals surface area contributed by atoms with Crippen LogP contribution in [-0.2, 0) is 10.0 Å². The molecule has 0 heterocycles. The third kappa shape index (κ3) is 4.37. The number of amides is 1. The molecule has 0 aliphatic heterocycles. The van der Waals surface area contributed by atoms with Gasteiger partial charge in [-0.05, 0) is 55.3 Å². The maximum atomic E-state index is 12.5. The molecule has 0 atom stereocenters. The number of nitrogens with one attached hydrogen (secondary N) is 2. The van der Waals surface area contributed by atoms with E-state index < -0.39 is 10.0 Å². The van der Waals surface area contributed by atoms with Gasteiger partial charge in [-0.2, -0.15) is 0 Å². The third-order valence-corrected chi connectivity index (χ3v) is 5.38. The van der Waals surface area contributed by atoms with Gasteiger partial charge in [0.05, 0.1) is 7.11 Å². The zero-order valence-corrected chi connectivity index (χ0v) is 15.5. The minimum atomic E-state index is -3.75. The summed E-state index contributed by atoms with van der Waals surface area (Å²) in [4.78, 5) is 12.4. The molecule has 134 valence electrons. The fourth-order valence-corrected chi connectivity index (χ4v) is 3.55. The molecule has 0 spiro atoms. The highest BCUT2D eigenvalue weighted by Gasteiger charge is 2.21. The van der Waals surface area contributed by atoms with Crippen LogP contribution in [0.5, 0.6) is 5.75 Å². The van der Waals surface area contributed by atoms with Crippen molar-refractivity contribution < 1.29 is 17.9 Å². The highest BCUT2D eigenvalue weighted by molar-refractivity contribution is 7.89. The highest BCUT2D eigenvalue weighted by atomic mass is 32.2. The predicted octanol–water partition coefficient (Wildman–Crippen LogP) is 2.86. The average molecular weight is 362 g/mol. The fourth-order valence-electron chi connectivity index (χ4n) is 2.32. The fraction of sp³-hybridized carbons (Fsp3) is 0.278. The molecule has 0 bridgehead atoms. The molecule has 2 rings (SSSR count). The second-order valence-corrected chi connectivity index (χ2v) is 7.36. The summed E-state index contributed by atoms with van der Waals surface area (Å²) >= 11 is 0. The molecule has 7 heteroatoms. The number of rotatable bonds is 6. The molecule has 0 saturated heterocycles. The molecule has 0 fully saturated rings. The first-order chi connectivity index (χ1) is 11.8. The lowest BCUT2D eigenvalue weighted by Gasteiger charge is -2.12. The molecule has 1 amide bonds. The first kappa shape index (κ1) is 19.0. The minimum Gasteiger partial charge on any atom is -0.495 e. The van der Waals surface area contributed by atoms with Gasteiger partial charge in [0, 0.05) is 17.8 Å². The van der Waals surface area contributed by atoms with Gasteiger partial charge in [0.2, 0.25) is 10.0 Å². The van der Waals surface area contributed by atoms with Crippen LogP contribution >= 0.6 is 0 Å². The molecule has 2 aromatic rings. The first-order valence-corrected chi connectivity index (χ1v) is 9.33. The Balaban J connectivity index is 2.35. The normalized spacial score (nSPS) is 11.2. The second kappa shape index (κ2) is 7.67. The van der Waals surface area contributed by atoms with E-state index in [-0.39, 0.29) is 28.7 Å². The number of hydrogen-bond acceptors (Lipinski definition) is 4. The van der Waals surface area contributed by atoms with Crippen molar-refractivity contribution in [1.82, 2.24) is 4.72 Å². The number of methoxy groups -OCH3 is 1. The van der Waals surface area contributed by atoms with Gasteiger partial charge in [0.25, 0.3) is 5.91 Å². The van der Waals surface area contributed by atoms with Crippen LogP contribution in [0.15, 0.2) is 41.3 Å². The van der Waals surface area contributed by atoms with E-state index >= 15 is 0 Å². The van der Waals surface area contributed by atoms with Gasteiger partial charge in [-0.15, -0.1) is 0 Å². The maximum absolute atomic E-state index is 12.5. The van der Waals surface area contributed by atoms with Crippen molar-refractivity contribution >= 4 is 21.6 Å². The first-order valence-electron chi connectivity index (χ1n) is 7.84. The van der Waals surface area contributed by atoms with E-state index in [1.807, 2.05) is 26.0 Å². The molecule has 6 nitrogen and oxygen atoms in total. The smallest absolute Gasteiger partial charge is 0.255 e. The largest absolute Gasteiger partial charge is 0.495 e. The Kier molecular flexibility index (Phi) is 5.81. The van der Waals surface area contributed by atoms with Crippen molar-refractivity contribution in [2.24, 2.45) is 0 Å². The van der Waals surface area contributed by atoms with E-state index in [2.05, 4.69) is 10.0 Å². The van der Waals surface area contributed by atoms with Crippen molar-refractivity contribution in [1.29, 1.82) is 0 Å². The van der Waals surface area contributed by atoms with Gasteiger partial charge in [-0.1, -0.05) is 13.0 Å². The van der Waals surface area contributed by atoms with Crippen molar-refractivity contribution in [3.63, 3.8) is 0 Å². The number of hydrogen-bond donors (Lipinski definition) is 2. The Morgan fingerprint density at radius 3 is 2.40 bits per heavy atom. The Morgan fingerprint density at radius 1 is 1.08 bits per heavy atom. The Hall–Kier alpha value is -2.38. The Labute approximate surface area is 148 Å². The molecule has 25 heavy (non-hydrogen) atoms. The second-order valence-electron chi connectivity index (χ2n) is 5.62. The number of sulfonamides is 1. The molecule has 0 aromatic heterocycles. The molecule has 0 saturated carbocycles. The summed E-state index contributed by atoms with van der Waals surface area (Å²) in [7, 11) is -2.37. The van der Waals surface area contributed by atoms with Crippen LogP contribution in [0.3, 0.4) is 0 Å². The molecule has 0 unspecified atom stereocenters. The number of carbonyl (C=O) groups is 1. The summed E-state index contributed by atoms with van der Waals surface area (Å²) in [5.41, 5.74) is 3.07. The Bertz CT molecular complexity index is 892. The van der Waals surface area contributed by atoms with Crippen LogP contribution in [0.2, 0.25) is 0 Å². The number of aryl methyl sites for hydroxylation is 2. The summed E-state index contributed by atoms with van der Waals surface area (Å²) in [5.74, 6) is -0.206. The van der Waals surface area contributed by atoms with Crippen molar-refractivity contribution in [2.45, 2.75) is 25.7 Å². The van der Waals surface area contributed by atoms with Crippen molar-refractivity contribution in [3.8, 4) is 5.75 Å². The van der Waals surface area contributed by atoms with Crippen LogP contribution in [-0.4, -0.2) is 28.0 Å². The number of benzene rings is 2. The lowest BCUT2D eigenvalue weighted by atomic mass is 10.1. The lowest BCUT2D eigenvalue weighted by Crippen LogP contribution is -2.24. The molecular formula is C18H22N2O4S. The van der Waals surface area contributed by atoms with Crippen LogP contribution in [0, 0.1) is 13.8 Å². The summed E-state index contributed by atoms with van der Waals surface area (Å²) in [6.45, 7) is 5.87. The zero-order valence-electron chi connectivity index (χ0n) is 14.7. The van der Waals surface area contributed by atoms with E-state index in [0.717, 1.165) is 11.1 Å². The van der Waals surface area contributed by atoms with Crippen molar-refractivity contribution in [3.05, 3.63) is 53.1 Å². The molecule has 0 radical (unpaired) electrons. The van der Waals surface area contributed by atoms with E-state index in [0.29, 0.717) is 5.69 Å². The molecular weight excluding hydrogens is 340 g/mol. The van der Waals surface area contributed by atoms with Crippen LogP contribution in [0.1, 0.15) is 28.4 Å². The van der Waals surface area contributed by atoms with Gasteiger partial charge in [0.15, 0.2) is 0 Å². The number of carbonyl (C=O) groups excluding carboxylic acids is 1. The van der Waals surface area contributed by atoms with E-state index in [1.165, 1.54) is 25.3 Å². The third-order valence-electron chi connectivity index (χ3n) is 3.81. The predicted molar refractivity (Wildman–Crippen MR) is 97.7 cm³/mol. The van der Waals surface area contributed by atoms with Gasteiger partial charge in [0.1, 0.15) is 10.6 Å². The summed E-state index contributed by atoms with van der Waals surface area (Å²) in [5, 5.41) is 2.78. The zero-order chi connectivity index (χ0) is 18.6. The molecule has 2 N–H and O–H groups in total. The number of ether oxygens (including phenoxy) is 1. The lowest BCUT2D eigenvalue weighted by molar-refractivity contribution is 0.102. The van der Waals surface area contributed by atoms with Gasteiger partial charge >= 0.3 is 0 Å². The molecule has 0 aliphatic rings. The molecule has 2 aromatic carbocycles. The quantitative estimate of drug-likeness (QED) is 0.827. The van der Waals surface area contributed by atoms with Gasteiger partial charge in [-0.25, -0.2) is 13.1 Å². The SMILES string of the molecule is CCNS(=O)(=O)c1cc(C(=O)Nc2ccc(C)c(C)c2)ccc1OC. The van der Waals surface area contributed by atoms with Crippen LogP contribution in [0.4, 0.5) is 5.69 Å². The van der Waals surface area contributed by atoms with Gasteiger partial charge in [-0.3, -0.25) is 4.79 Å². The van der Waals surface area contributed by atoms with Gasteiger partial charge < -0.3 is 10.1 Å². The van der Waals surface area contributed by atoms with Crippen LogP contribution in [0.25, 0.3) is 0 Å². The summed E-state index contributed by atoms with van der Waals surface area (Å²) < 4.78 is 32.1. The minimum absolute atomic E-state index is 0.0652. The van der Waals surface area contributed by atoms with E-state index in [1.54, 1.807) is 13.0 Å². The maximum Gasteiger partial charge on any atom is 0.255 e. The topological polar surface area (TPSA) is 84.5 Å². The van der Waals surface area contributed by atoms with E-state index in [4.69, 9.17) is 4.74 Å². The summed E-state index contributed by atoms with van der Waals surface area (Å²) in [6, 6.07) is 9.90. The molecule has 0 aliphatic carbocycles. The van der Waals surface area contributed by atoms with Crippen LogP contribution < -0.4 is 14.8 Å². The standard InChI is InChI=1S/C18H22N2O4S/c1-5-19-25(22,23)17-11-14(7-9-16(17)24-4)18(21)20-15-8-6-12(2)13(3)10-15/h6-11,19H,5H2,1-4H3,(H,20,21). The monoisotopic (exact) mass is 362 g/mol.